The molecule has 10 heteroatoms. The number of nitrogens with one attached hydrogen (secondary N) is 1. The predicted molar refractivity (Wildman–Crippen MR) is 110 cm³/mol. The lowest BCUT2D eigenvalue weighted by molar-refractivity contribution is 0.0633. The molecule has 0 bridgehead atoms. The van der Waals surface area contributed by atoms with E-state index in [-0.39, 0.29) is 23.5 Å². The lowest BCUT2D eigenvalue weighted by Gasteiger charge is -2.33. The molecule has 2 aliphatic heterocycles. The number of anilines is 1. The number of amides is 1. The van der Waals surface area contributed by atoms with E-state index in [1.165, 1.54) is 24.3 Å². The topological polar surface area (TPSA) is 114 Å². The zero-order chi connectivity index (χ0) is 21.3. The number of amidine groups is 1. The number of carbonyl (C=O) groups excluding carboxylic acids is 1. The third-order valence-corrected chi connectivity index (χ3v) is 6.03. The van der Waals surface area contributed by atoms with Gasteiger partial charge in [0.15, 0.2) is 5.84 Å². The number of benzene rings is 2. The molecule has 0 spiro atoms. The number of carbonyl (C=O) groups is 1. The minimum atomic E-state index is -3.85. The Morgan fingerprint density at radius 2 is 2.03 bits per heavy atom. The molecule has 0 aliphatic carbocycles. The van der Waals surface area contributed by atoms with Crippen molar-refractivity contribution in [1.29, 1.82) is 0 Å². The molecule has 1 unspecified atom stereocenters. The first-order valence-corrected chi connectivity index (χ1v) is 11.0. The molecule has 8 nitrogen and oxygen atoms in total. The van der Waals surface area contributed by atoms with Crippen LogP contribution in [0.4, 0.5) is 10.1 Å². The fourth-order valence-electron chi connectivity index (χ4n) is 3.71. The van der Waals surface area contributed by atoms with Crippen LogP contribution in [-0.4, -0.2) is 44.8 Å². The van der Waals surface area contributed by atoms with Crippen molar-refractivity contribution in [3.8, 4) is 5.75 Å². The molecule has 1 amide bonds. The molecule has 4 rings (SSSR count). The molecule has 1 atom stereocenters. The van der Waals surface area contributed by atoms with Gasteiger partial charge < -0.3 is 15.4 Å². The third-order valence-electron chi connectivity index (χ3n) is 5.11. The van der Waals surface area contributed by atoms with Gasteiger partial charge in [0.2, 0.25) is 0 Å². The van der Waals surface area contributed by atoms with E-state index in [1.807, 2.05) is 0 Å². The summed E-state index contributed by atoms with van der Waals surface area (Å²) in [6, 6.07) is 10.5. The fourth-order valence-corrected chi connectivity index (χ4v) is 4.55. The van der Waals surface area contributed by atoms with Gasteiger partial charge in [0.05, 0.1) is 17.9 Å². The highest BCUT2D eigenvalue weighted by Crippen LogP contribution is 2.31. The van der Waals surface area contributed by atoms with E-state index in [2.05, 4.69) is 9.12 Å². The maximum atomic E-state index is 13.1. The summed E-state index contributed by atoms with van der Waals surface area (Å²) < 4.78 is 48.3. The van der Waals surface area contributed by atoms with Crippen molar-refractivity contribution in [1.82, 2.24) is 4.90 Å². The van der Waals surface area contributed by atoms with E-state index in [9.17, 15) is 17.6 Å². The molecule has 0 radical (unpaired) electrons. The lowest BCUT2D eigenvalue weighted by Crippen LogP contribution is -2.41. The molecule has 0 aromatic heterocycles. The Balaban J connectivity index is 1.44. The Morgan fingerprint density at radius 3 is 2.80 bits per heavy atom. The maximum Gasteiger partial charge on any atom is 0.344 e. The Kier molecular flexibility index (Phi) is 5.33. The smallest absolute Gasteiger partial charge is 0.344 e. The maximum absolute atomic E-state index is 13.1. The summed E-state index contributed by atoms with van der Waals surface area (Å²) in [5, 5.41) is 0. The van der Waals surface area contributed by atoms with Gasteiger partial charge in [-0.25, -0.2) is 4.39 Å². The summed E-state index contributed by atoms with van der Waals surface area (Å²) >= 11 is 0. The van der Waals surface area contributed by atoms with Gasteiger partial charge in [0.25, 0.3) is 5.91 Å². The minimum absolute atomic E-state index is 0.0949. The average molecular weight is 432 g/mol. The van der Waals surface area contributed by atoms with Gasteiger partial charge >= 0.3 is 10.2 Å². The van der Waals surface area contributed by atoms with Crippen molar-refractivity contribution in [2.45, 2.75) is 12.8 Å². The zero-order valence-electron chi connectivity index (χ0n) is 16.0. The number of halogens is 1. The van der Waals surface area contributed by atoms with E-state index in [1.54, 1.807) is 23.1 Å². The molecule has 158 valence electrons. The van der Waals surface area contributed by atoms with Gasteiger partial charge in [-0.3, -0.25) is 9.52 Å². The number of likely N-dealkylation sites (tertiary alicyclic amines) is 1. The lowest BCUT2D eigenvalue weighted by atomic mass is 9.98. The highest BCUT2D eigenvalue weighted by Gasteiger charge is 2.27. The molecule has 0 saturated carbocycles. The van der Waals surface area contributed by atoms with Crippen LogP contribution in [0.3, 0.4) is 0 Å². The second-order valence-electron chi connectivity index (χ2n) is 7.31. The van der Waals surface area contributed by atoms with Crippen molar-refractivity contribution in [3.05, 3.63) is 59.4 Å². The Morgan fingerprint density at radius 1 is 1.27 bits per heavy atom. The summed E-state index contributed by atoms with van der Waals surface area (Å²) in [5.74, 6) is -0.123. The van der Waals surface area contributed by atoms with Crippen molar-refractivity contribution >= 4 is 27.6 Å². The van der Waals surface area contributed by atoms with Crippen LogP contribution in [0.15, 0.2) is 46.9 Å². The molecule has 1 saturated heterocycles. The van der Waals surface area contributed by atoms with Crippen molar-refractivity contribution in [2.75, 3.05) is 24.4 Å². The summed E-state index contributed by atoms with van der Waals surface area (Å²) in [4.78, 5) is 14.4. The van der Waals surface area contributed by atoms with Gasteiger partial charge in [-0.2, -0.15) is 8.42 Å². The van der Waals surface area contributed by atoms with Crippen LogP contribution in [0.1, 0.15) is 28.8 Å². The number of ether oxygens (including phenoxy) is 1. The molecule has 2 heterocycles. The van der Waals surface area contributed by atoms with Gasteiger partial charge in [0.1, 0.15) is 11.6 Å². The second kappa shape index (κ2) is 7.94. The number of piperidine rings is 1. The van der Waals surface area contributed by atoms with E-state index in [4.69, 9.17) is 10.5 Å². The quantitative estimate of drug-likeness (QED) is 0.768. The number of hydrogen-bond donors (Lipinski definition) is 2. The summed E-state index contributed by atoms with van der Waals surface area (Å²) in [5.41, 5.74) is 7.01. The number of hydrogen-bond acceptors (Lipinski definition) is 5. The van der Waals surface area contributed by atoms with Gasteiger partial charge in [0, 0.05) is 24.6 Å². The molecular weight excluding hydrogens is 411 g/mol. The second-order valence-corrected chi connectivity index (χ2v) is 8.65. The van der Waals surface area contributed by atoms with Crippen LogP contribution in [0.5, 0.6) is 5.75 Å². The van der Waals surface area contributed by atoms with Gasteiger partial charge in [-0.05, 0) is 49.2 Å². The Hall–Kier alpha value is -3.14. The van der Waals surface area contributed by atoms with E-state index < -0.39 is 10.2 Å². The summed E-state index contributed by atoms with van der Waals surface area (Å²) in [7, 11) is -3.85. The SMILES string of the molecule is NC1=NS(=O)(=O)Nc2cccc(OCC3CCCN(C(=O)c4ccc(F)cc4)C3)c21. The molecular formula is C20H21FN4O4S. The normalized spacial score (nSPS) is 20.0. The Bertz CT molecular complexity index is 1100. The first kappa shape index (κ1) is 20.1. The van der Waals surface area contributed by atoms with Crippen molar-refractivity contribution in [3.63, 3.8) is 0 Å². The first-order chi connectivity index (χ1) is 14.3. The van der Waals surface area contributed by atoms with Gasteiger partial charge in [-0.15, -0.1) is 4.40 Å². The van der Waals surface area contributed by atoms with Crippen LogP contribution in [-0.2, 0) is 10.2 Å². The van der Waals surface area contributed by atoms with E-state index in [0.29, 0.717) is 42.3 Å². The summed E-state index contributed by atoms with van der Waals surface area (Å²) in [6.45, 7) is 1.49. The molecule has 1 fully saturated rings. The van der Waals surface area contributed by atoms with Crippen molar-refractivity contribution < 1.29 is 22.3 Å². The molecule has 2 aliphatic rings. The first-order valence-electron chi connectivity index (χ1n) is 9.51. The third kappa shape index (κ3) is 4.23. The monoisotopic (exact) mass is 432 g/mol. The van der Waals surface area contributed by atoms with Crippen LogP contribution in [0, 0.1) is 11.7 Å². The largest absolute Gasteiger partial charge is 0.492 e. The minimum Gasteiger partial charge on any atom is -0.492 e. The molecule has 2 aromatic carbocycles. The molecule has 2 aromatic rings. The van der Waals surface area contributed by atoms with Crippen molar-refractivity contribution in [2.24, 2.45) is 16.0 Å². The number of fused-ring (bicyclic) bond motifs is 1. The number of rotatable bonds is 4. The van der Waals surface area contributed by atoms with E-state index in [0.717, 1.165) is 12.8 Å². The zero-order valence-corrected chi connectivity index (χ0v) is 16.9. The van der Waals surface area contributed by atoms with Crippen LogP contribution in [0.25, 0.3) is 0 Å². The standard InChI is InChI=1S/C20H21FN4O4S/c21-15-8-6-14(7-9-15)20(26)25-10-2-3-13(11-25)12-29-17-5-1-4-16-18(17)19(22)24-30(27,28)23-16/h1,4-9,13,23H,2-3,10-12H2,(H2,22,24). The van der Waals surface area contributed by atoms with Crippen LogP contribution < -0.4 is 15.2 Å². The highest BCUT2D eigenvalue weighted by molar-refractivity contribution is 7.91. The number of nitrogens with zero attached hydrogens (tertiary/aromatic N) is 2. The number of nitrogens with two attached hydrogens (primary N) is 1. The molecule has 3 N–H and O–H groups in total. The van der Waals surface area contributed by atoms with Crippen LogP contribution in [0.2, 0.25) is 0 Å². The van der Waals surface area contributed by atoms with Crippen LogP contribution >= 0.6 is 0 Å². The fraction of sp³-hybridized carbons (Fsp3) is 0.300. The predicted octanol–water partition coefficient (Wildman–Crippen LogP) is 2.13. The summed E-state index contributed by atoms with van der Waals surface area (Å²) in [6.07, 6.45) is 1.72. The highest BCUT2D eigenvalue weighted by atomic mass is 32.2. The molecule has 30 heavy (non-hydrogen) atoms. The van der Waals surface area contributed by atoms with Gasteiger partial charge in [-0.1, -0.05) is 6.07 Å². The Labute approximate surface area is 173 Å². The average Bonchev–Trinajstić information content (AvgIpc) is 2.71. The van der Waals surface area contributed by atoms with E-state index >= 15 is 0 Å².